The van der Waals surface area contributed by atoms with Gasteiger partial charge in [0.05, 0.1) is 5.54 Å². The van der Waals surface area contributed by atoms with Crippen LogP contribution in [0, 0.1) is 5.92 Å². The van der Waals surface area contributed by atoms with Gasteiger partial charge in [0.15, 0.2) is 0 Å². The second kappa shape index (κ2) is 5.95. The van der Waals surface area contributed by atoms with Gasteiger partial charge in [-0.2, -0.15) is 0 Å². The number of rotatable bonds is 1. The number of hydrogen-bond donors (Lipinski definition) is 0. The van der Waals surface area contributed by atoms with Crippen molar-refractivity contribution >= 4 is 11.8 Å². The van der Waals surface area contributed by atoms with E-state index in [1.807, 2.05) is 16.8 Å². The lowest BCUT2D eigenvalue weighted by Crippen LogP contribution is -2.62. The smallest absolute Gasteiger partial charge is 0.225 e. The van der Waals surface area contributed by atoms with Crippen molar-refractivity contribution in [3.05, 3.63) is 0 Å². The number of nitrogens with zero attached hydrogens (tertiary/aromatic N) is 2. The summed E-state index contributed by atoms with van der Waals surface area (Å²) >= 11 is 0. The molecule has 0 N–H and O–H groups in total. The molecular weight excluding hydrogens is 268 g/mol. The lowest BCUT2D eigenvalue weighted by molar-refractivity contribution is -0.151. The van der Waals surface area contributed by atoms with Crippen LogP contribution < -0.4 is 0 Å². The van der Waals surface area contributed by atoms with Crippen LogP contribution in [-0.4, -0.2) is 60.5 Å². The Morgan fingerprint density at radius 2 is 1.95 bits per heavy atom. The predicted molar refractivity (Wildman–Crippen MR) is 78.7 cm³/mol. The van der Waals surface area contributed by atoms with E-state index in [1.54, 1.807) is 0 Å². The number of likely N-dealkylation sites (N-methyl/N-ethyl adjacent to an activating group) is 1. The average Bonchev–Trinajstić information content (AvgIpc) is 2.53. The zero-order chi connectivity index (χ0) is 14.9. The number of ether oxygens (including phenoxy) is 1. The molecule has 0 bridgehead atoms. The molecule has 0 aromatic heterocycles. The van der Waals surface area contributed by atoms with Crippen molar-refractivity contribution in [3.8, 4) is 0 Å². The highest BCUT2D eigenvalue weighted by Gasteiger charge is 2.44. The highest BCUT2D eigenvalue weighted by molar-refractivity contribution is 5.80. The quantitative estimate of drug-likeness (QED) is 0.735. The molecule has 5 nitrogen and oxygen atoms in total. The van der Waals surface area contributed by atoms with E-state index < -0.39 is 0 Å². The molecule has 21 heavy (non-hydrogen) atoms. The Hall–Kier alpha value is -1.10. The summed E-state index contributed by atoms with van der Waals surface area (Å²) < 4.78 is 5.35. The monoisotopic (exact) mass is 294 g/mol. The van der Waals surface area contributed by atoms with Gasteiger partial charge in [-0.1, -0.05) is 0 Å². The molecule has 0 unspecified atom stereocenters. The molecule has 3 fully saturated rings. The van der Waals surface area contributed by atoms with E-state index in [0.717, 1.165) is 51.6 Å². The number of piperidine rings is 2. The first-order valence-electron chi connectivity index (χ1n) is 8.26. The summed E-state index contributed by atoms with van der Waals surface area (Å²) in [5.74, 6) is 0.643. The van der Waals surface area contributed by atoms with Gasteiger partial charge in [-0.05, 0) is 38.5 Å². The van der Waals surface area contributed by atoms with Gasteiger partial charge in [0.2, 0.25) is 11.8 Å². The van der Waals surface area contributed by atoms with Crippen LogP contribution in [0.4, 0.5) is 0 Å². The Morgan fingerprint density at radius 1 is 1.24 bits per heavy atom. The van der Waals surface area contributed by atoms with E-state index in [0.29, 0.717) is 19.6 Å². The van der Waals surface area contributed by atoms with E-state index in [4.69, 9.17) is 4.74 Å². The van der Waals surface area contributed by atoms with Crippen molar-refractivity contribution in [1.29, 1.82) is 0 Å². The molecule has 5 heteroatoms. The fraction of sp³-hybridized carbons (Fsp3) is 0.875. The standard InChI is InChI=1S/C16H26N2O3/c1-17-14(19)4-2-7-16(17)8-3-9-18(12-16)15(20)13-5-10-21-11-6-13/h13H,2-12H2,1H3/t16-/m1/s1. The summed E-state index contributed by atoms with van der Waals surface area (Å²) in [7, 11) is 1.92. The van der Waals surface area contributed by atoms with E-state index in [-0.39, 0.29) is 23.3 Å². The third kappa shape index (κ3) is 2.80. The number of carbonyl (C=O) groups excluding carboxylic acids is 2. The van der Waals surface area contributed by atoms with Crippen LogP contribution in [-0.2, 0) is 14.3 Å². The van der Waals surface area contributed by atoms with Crippen LogP contribution in [0.2, 0.25) is 0 Å². The first kappa shape index (κ1) is 14.8. The third-order valence-electron chi connectivity index (χ3n) is 5.56. The Kier molecular flexibility index (Phi) is 4.20. The average molecular weight is 294 g/mol. The zero-order valence-electron chi connectivity index (χ0n) is 13.0. The summed E-state index contributed by atoms with van der Waals surface area (Å²) in [6.45, 7) is 2.98. The summed E-state index contributed by atoms with van der Waals surface area (Å²) in [5.41, 5.74) is -0.103. The highest BCUT2D eigenvalue weighted by atomic mass is 16.5. The number of likely N-dealkylation sites (tertiary alicyclic amines) is 2. The Labute approximate surface area is 126 Å². The maximum Gasteiger partial charge on any atom is 0.225 e. The van der Waals surface area contributed by atoms with Crippen LogP contribution in [0.1, 0.15) is 44.9 Å². The van der Waals surface area contributed by atoms with E-state index in [2.05, 4.69) is 0 Å². The molecule has 3 aliphatic rings. The maximum absolute atomic E-state index is 12.7. The Balaban J connectivity index is 1.70. The summed E-state index contributed by atoms with van der Waals surface area (Å²) in [5, 5.41) is 0. The van der Waals surface area contributed by atoms with Crippen molar-refractivity contribution in [2.75, 3.05) is 33.4 Å². The van der Waals surface area contributed by atoms with Gasteiger partial charge in [0, 0.05) is 45.7 Å². The highest BCUT2D eigenvalue weighted by Crippen LogP contribution is 2.36. The fourth-order valence-electron chi connectivity index (χ4n) is 4.15. The van der Waals surface area contributed by atoms with Crippen molar-refractivity contribution in [2.45, 2.75) is 50.5 Å². The van der Waals surface area contributed by atoms with E-state index in [1.165, 1.54) is 0 Å². The molecule has 3 aliphatic heterocycles. The molecule has 3 heterocycles. The second-order valence-electron chi connectivity index (χ2n) is 6.78. The molecule has 118 valence electrons. The maximum atomic E-state index is 12.7. The molecule has 3 rings (SSSR count). The minimum atomic E-state index is -0.103. The lowest BCUT2D eigenvalue weighted by Gasteiger charge is -2.51. The molecule has 0 aromatic rings. The van der Waals surface area contributed by atoms with E-state index in [9.17, 15) is 9.59 Å². The third-order valence-corrected chi connectivity index (χ3v) is 5.56. The van der Waals surface area contributed by atoms with Crippen molar-refractivity contribution in [1.82, 2.24) is 9.80 Å². The molecule has 2 amide bonds. The van der Waals surface area contributed by atoms with Crippen LogP contribution in [0.15, 0.2) is 0 Å². The normalized spacial score (nSPS) is 31.8. The SMILES string of the molecule is CN1C(=O)CCC[C@]12CCCN(C(=O)C1CCOCC1)C2. The topological polar surface area (TPSA) is 49.9 Å². The lowest BCUT2D eigenvalue weighted by atomic mass is 9.79. The van der Waals surface area contributed by atoms with Gasteiger partial charge in [-0.25, -0.2) is 0 Å². The van der Waals surface area contributed by atoms with Crippen LogP contribution in [0.5, 0.6) is 0 Å². The molecule has 1 atom stereocenters. The van der Waals surface area contributed by atoms with E-state index >= 15 is 0 Å². The number of amides is 2. The molecule has 0 radical (unpaired) electrons. The molecule has 0 aliphatic carbocycles. The minimum absolute atomic E-state index is 0.103. The van der Waals surface area contributed by atoms with Gasteiger partial charge in [0.1, 0.15) is 0 Å². The first-order valence-corrected chi connectivity index (χ1v) is 8.26. The van der Waals surface area contributed by atoms with Gasteiger partial charge in [-0.3, -0.25) is 9.59 Å². The van der Waals surface area contributed by atoms with Crippen molar-refractivity contribution < 1.29 is 14.3 Å². The molecule has 3 saturated heterocycles. The summed E-state index contributed by atoms with van der Waals surface area (Å²) in [6.07, 6.45) is 6.38. The number of hydrogen-bond acceptors (Lipinski definition) is 3. The van der Waals surface area contributed by atoms with Crippen LogP contribution in [0.25, 0.3) is 0 Å². The van der Waals surface area contributed by atoms with Crippen LogP contribution in [0.3, 0.4) is 0 Å². The van der Waals surface area contributed by atoms with Gasteiger partial charge < -0.3 is 14.5 Å². The largest absolute Gasteiger partial charge is 0.381 e. The Bertz CT molecular complexity index is 416. The predicted octanol–water partition coefficient (Wildman–Crippen LogP) is 1.42. The number of carbonyl (C=O) groups is 2. The second-order valence-corrected chi connectivity index (χ2v) is 6.78. The summed E-state index contributed by atoms with van der Waals surface area (Å²) in [4.78, 5) is 28.7. The van der Waals surface area contributed by atoms with Crippen molar-refractivity contribution in [3.63, 3.8) is 0 Å². The van der Waals surface area contributed by atoms with Gasteiger partial charge in [-0.15, -0.1) is 0 Å². The molecule has 0 saturated carbocycles. The molecule has 0 aromatic carbocycles. The van der Waals surface area contributed by atoms with Crippen molar-refractivity contribution in [2.24, 2.45) is 5.92 Å². The zero-order valence-corrected chi connectivity index (χ0v) is 13.0. The van der Waals surface area contributed by atoms with Crippen LogP contribution >= 0.6 is 0 Å². The minimum Gasteiger partial charge on any atom is -0.381 e. The first-order chi connectivity index (χ1) is 10.1. The Morgan fingerprint density at radius 3 is 2.71 bits per heavy atom. The fourth-order valence-corrected chi connectivity index (χ4v) is 4.15. The molecular formula is C16H26N2O3. The van der Waals surface area contributed by atoms with Gasteiger partial charge in [0.25, 0.3) is 0 Å². The molecule has 1 spiro atoms. The summed E-state index contributed by atoms with van der Waals surface area (Å²) in [6, 6.07) is 0. The van der Waals surface area contributed by atoms with Gasteiger partial charge >= 0.3 is 0 Å².